The van der Waals surface area contributed by atoms with Crippen molar-refractivity contribution in [1.29, 1.82) is 0 Å². The Morgan fingerprint density at radius 2 is 1.77 bits per heavy atom. The van der Waals surface area contributed by atoms with Crippen LogP contribution in [0.15, 0.2) is 36.4 Å². The molecule has 0 radical (unpaired) electrons. The number of ether oxygens (including phenoxy) is 2. The first-order chi connectivity index (χ1) is 12.6. The number of nitrogens with one attached hydrogen (secondary N) is 1. The van der Waals surface area contributed by atoms with Gasteiger partial charge in [0, 0.05) is 29.3 Å². The maximum absolute atomic E-state index is 8.78. The first-order valence-corrected chi connectivity index (χ1v) is 9.45. The average Bonchev–Trinajstić information content (AvgIpc) is 2.65. The van der Waals surface area contributed by atoms with Crippen molar-refractivity contribution in [3.63, 3.8) is 0 Å². The molecule has 0 aliphatic rings. The smallest absolute Gasteiger partial charge is 0.163 e. The molecular weight excluding hydrogens is 373 g/mol. The predicted molar refractivity (Wildman–Crippen MR) is 106 cm³/mol. The van der Waals surface area contributed by atoms with E-state index < -0.39 is 0 Å². The van der Waals surface area contributed by atoms with E-state index in [1.54, 1.807) is 13.2 Å². The largest absolute Gasteiger partial charge is 0.493 e. The maximum Gasteiger partial charge on any atom is 0.163 e. The zero-order chi connectivity index (χ0) is 18.8. The minimum Gasteiger partial charge on any atom is -0.493 e. The second-order valence-corrected chi connectivity index (χ2v) is 6.81. The second-order valence-electron chi connectivity index (χ2n) is 5.97. The molecule has 0 amide bonds. The molecule has 2 rings (SSSR count). The molecule has 6 heteroatoms. The zero-order valence-electron chi connectivity index (χ0n) is 14.9. The standard InChI is InChI=1S/C20H25Cl2NO3/c1-25-19-11-16(13-23-9-3-2-4-10-24)18(22)12-20(19)26-14-15-5-7-17(21)8-6-15/h5-8,11-12,23-24H,2-4,9-10,13-14H2,1H3. The van der Waals surface area contributed by atoms with E-state index in [0.717, 1.165) is 36.9 Å². The average molecular weight is 398 g/mol. The van der Waals surface area contributed by atoms with Gasteiger partial charge in [0.25, 0.3) is 0 Å². The monoisotopic (exact) mass is 397 g/mol. The molecule has 2 aromatic rings. The van der Waals surface area contributed by atoms with Crippen molar-refractivity contribution in [2.75, 3.05) is 20.3 Å². The Labute approximate surface area is 165 Å². The third kappa shape index (κ3) is 6.69. The molecule has 0 bridgehead atoms. The van der Waals surface area contributed by atoms with E-state index in [0.29, 0.717) is 34.7 Å². The van der Waals surface area contributed by atoms with Gasteiger partial charge in [-0.05, 0) is 55.1 Å². The molecule has 0 saturated carbocycles. The highest BCUT2D eigenvalue weighted by Gasteiger charge is 2.11. The van der Waals surface area contributed by atoms with Crippen LogP contribution in [0.5, 0.6) is 11.5 Å². The molecule has 0 saturated heterocycles. The van der Waals surface area contributed by atoms with Crippen LogP contribution in [0.25, 0.3) is 0 Å². The minimum atomic E-state index is 0.251. The molecule has 4 nitrogen and oxygen atoms in total. The van der Waals surface area contributed by atoms with Crippen LogP contribution >= 0.6 is 23.2 Å². The fourth-order valence-corrected chi connectivity index (χ4v) is 2.83. The van der Waals surface area contributed by atoms with Crippen LogP contribution in [0.2, 0.25) is 10.0 Å². The van der Waals surface area contributed by atoms with Gasteiger partial charge in [0.2, 0.25) is 0 Å². The quantitative estimate of drug-likeness (QED) is 0.532. The van der Waals surface area contributed by atoms with Gasteiger partial charge < -0.3 is 19.9 Å². The summed E-state index contributed by atoms with van der Waals surface area (Å²) in [6.07, 6.45) is 2.88. The summed E-state index contributed by atoms with van der Waals surface area (Å²) in [4.78, 5) is 0. The molecule has 2 aromatic carbocycles. The number of aliphatic hydroxyl groups excluding tert-OH is 1. The van der Waals surface area contributed by atoms with Crippen molar-refractivity contribution in [3.8, 4) is 11.5 Å². The summed E-state index contributed by atoms with van der Waals surface area (Å²) in [6.45, 7) is 2.20. The van der Waals surface area contributed by atoms with Crippen molar-refractivity contribution in [1.82, 2.24) is 5.32 Å². The van der Waals surface area contributed by atoms with Gasteiger partial charge in [0.05, 0.1) is 7.11 Å². The number of rotatable bonds is 11. The fourth-order valence-electron chi connectivity index (χ4n) is 2.49. The molecular formula is C20H25Cl2NO3. The van der Waals surface area contributed by atoms with Gasteiger partial charge in [-0.15, -0.1) is 0 Å². The van der Waals surface area contributed by atoms with Gasteiger partial charge in [-0.3, -0.25) is 0 Å². The van der Waals surface area contributed by atoms with Gasteiger partial charge in [0.15, 0.2) is 11.5 Å². The number of unbranched alkanes of at least 4 members (excludes halogenated alkanes) is 2. The third-order valence-corrected chi connectivity index (χ3v) is 4.57. The van der Waals surface area contributed by atoms with Gasteiger partial charge in [-0.1, -0.05) is 35.3 Å². The number of benzene rings is 2. The van der Waals surface area contributed by atoms with Crippen molar-refractivity contribution in [2.45, 2.75) is 32.4 Å². The van der Waals surface area contributed by atoms with Crippen LogP contribution < -0.4 is 14.8 Å². The first-order valence-electron chi connectivity index (χ1n) is 8.69. The maximum atomic E-state index is 8.78. The van der Waals surface area contributed by atoms with E-state index in [1.165, 1.54) is 0 Å². The predicted octanol–water partition coefficient (Wildman–Crippen LogP) is 4.83. The summed E-state index contributed by atoms with van der Waals surface area (Å²) in [5.41, 5.74) is 1.98. The lowest BCUT2D eigenvalue weighted by Gasteiger charge is -2.14. The molecule has 0 aliphatic carbocycles. The van der Waals surface area contributed by atoms with Gasteiger partial charge in [-0.2, -0.15) is 0 Å². The lowest BCUT2D eigenvalue weighted by Crippen LogP contribution is -2.15. The zero-order valence-corrected chi connectivity index (χ0v) is 16.4. The minimum absolute atomic E-state index is 0.251. The van der Waals surface area contributed by atoms with Crippen molar-refractivity contribution in [2.24, 2.45) is 0 Å². The second kappa shape index (κ2) is 11.3. The van der Waals surface area contributed by atoms with E-state index in [-0.39, 0.29) is 6.61 Å². The van der Waals surface area contributed by atoms with Gasteiger partial charge in [-0.25, -0.2) is 0 Å². The third-order valence-electron chi connectivity index (χ3n) is 3.97. The summed E-state index contributed by atoms with van der Waals surface area (Å²) >= 11 is 12.3. The highest BCUT2D eigenvalue weighted by molar-refractivity contribution is 6.31. The summed E-state index contributed by atoms with van der Waals surface area (Å²) in [7, 11) is 1.62. The number of hydrogen-bond donors (Lipinski definition) is 2. The number of aliphatic hydroxyl groups is 1. The number of methoxy groups -OCH3 is 1. The molecule has 0 aromatic heterocycles. The van der Waals surface area contributed by atoms with Crippen LogP contribution in [0.3, 0.4) is 0 Å². The van der Waals surface area contributed by atoms with E-state index >= 15 is 0 Å². The van der Waals surface area contributed by atoms with Crippen LogP contribution in [0.4, 0.5) is 0 Å². The Morgan fingerprint density at radius 1 is 1.00 bits per heavy atom. The van der Waals surface area contributed by atoms with Crippen LogP contribution in [0, 0.1) is 0 Å². The Hall–Kier alpha value is -1.46. The fraction of sp³-hybridized carbons (Fsp3) is 0.400. The summed E-state index contributed by atoms with van der Waals surface area (Å²) in [5.74, 6) is 1.26. The van der Waals surface area contributed by atoms with Gasteiger partial charge in [0.1, 0.15) is 6.61 Å². The highest BCUT2D eigenvalue weighted by atomic mass is 35.5. The molecule has 0 atom stereocenters. The van der Waals surface area contributed by atoms with Gasteiger partial charge >= 0.3 is 0 Å². The molecule has 0 heterocycles. The van der Waals surface area contributed by atoms with E-state index in [1.807, 2.05) is 30.3 Å². The van der Waals surface area contributed by atoms with E-state index in [2.05, 4.69) is 5.32 Å². The van der Waals surface area contributed by atoms with Crippen molar-refractivity contribution < 1.29 is 14.6 Å². The number of halogens is 2. The van der Waals surface area contributed by atoms with Crippen LogP contribution in [-0.2, 0) is 13.2 Å². The molecule has 2 N–H and O–H groups in total. The molecule has 142 valence electrons. The Balaban J connectivity index is 1.93. The molecule has 0 fully saturated rings. The topological polar surface area (TPSA) is 50.7 Å². The van der Waals surface area contributed by atoms with Crippen LogP contribution in [-0.4, -0.2) is 25.4 Å². The summed E-state index contributed by atoms with van der Waals surface area (Å²) in [6, 6.07) is 11.2. The molecule has 0 spiro atoms. The van der Waals surface area contributed by atoms with E-state index in [9.17, 15) is 0 Å². The van der Waals surface area contributed by atoms with Crippen LogP contribution in [0.1, 0.15) is 30.4 Å². The van der Waals surface area contributed by atoms with E-state index in [4.69, 9.17) is 37.8 Å². The molecule has 0 unspecified atom stereocenters. The lowest BCUT2D eigenvalue weighted by molar-refractivity contribution is 0.282. The summed E-state index contributed by atoms with van der Waals surface area (Å²) < 4.78 is 11.3. The summed E-state index contributed by atoms with van der Waals surface area (Å²) in [5, 5.41) is 13.5. The molecule has 0 aliphatic heterocycles. The van der Waals surface area contributed by atoms with Crippen molar-refractivity contribution in [3.05, 3.63) is 57.6 Å². The lowest BCUT2D eigenvalue weighted by atomic mass is 10.2. The highest BCUT2D eigenvalue weighted by Crippen LogP contribution is 2.34. The Morgan fingerprint density at radius 3 is 2.46 bits per heavy atom. The molecule has 26 heavy (non-hydrogen) atoms. The first kappa shape index (κ1) is 20.8. The Kier molecular flexibility index (Phi) is 9.06. The SMILES string of the molecule is COc1cc(CNCCCCCO)c(Cl)cc1OCc1ccc(Cl)cc1. The Bertz CT molecular complexity index is 678. The van der Waals surface area contributed by atoms with Crippen molar-refractivity contribution >= 4 is 23.2 Å². The normalized spacial score (nSPS) is 10.8. The number of hydrogen-bond acceptors (Lipinski definition) is 4.